The van der Waals surface area contributed by atoms with Gasteiger partial charge in [0.2, 0.25) is 17.7 Å². The van der Waals surface area contributed by atoms with Gasteiger partial charge in [0.1, 0.15) is 11.9 Å². The summed E-state index contributed by atoms with van der Waals surface area (Å²) in [6.45, 7) is 1.24. The van der Waals surface area contributed by atoms with Gasteiger partial charge >= 0.3 is 0 Å². The van der Waals surface area contributed by atoms with Crippen molar-refractivity contribution in [3.8, 4) is 0 Å². The SMILES string of the molecule is O=C(NCc1ccco1)[C@@H]1C[C@@H]2CCN(C(=O)C3CC(F)(F)C3)C[C@H]2O1. The molecule has 3 fully saturated rings. The molecule has 2 saturated heterocycles. The summed E-state index contributed by atoms with van der Waals surface area (Å²) >= 11 is 0. The minimum absolute atomic E-state index is 0.188. The number of nitrogens with zero attached hydrogens (tertiary/aromatic N) is 1. The van der Waals surface area contributed by atoms with E-state index in [2.05, 4.69) is 5.32 Å². The minimum atomic E-state index is -2.69. The molecule has 4 rings (SSSR count). The first-order valence-electron chi connectivity index (χ1n) is 9.03. The zero-order valence-electron chi connectivity index (χ0n) is 14.3. The largest absolute Gasteiger partial charge is 0.467 e. The lowest BCUT2D eigenvalue weighted by Gasteiger charge is -2.40. The summed E-state index contributed by atoms with van der Waals surface area (Å²) in [5, 5.41) is 2.79. The smallest absolute Gasteiger partial charge is 0.249 e. The number of likely N-dealkylation sites (tertiary alicyclic amines) is 1. The molecule has 1 aromatic rings. The Balaban J connectivity index is 1.27. The summed E-state index contributed by atoms with van der Waals surface area (Å²) in [7, 11) is 0. The van der Waals surface area contributed by atoms with Crippen LogP contribution in [0.3, 0.4) is 0 Å². The van der Waals surface area contributed by atoms with E-state index in [1.165, 1.54) is 0 Å². The van der Waals surface area contributed by atoms with Crippen LogP contribution in [-0.2, 0) is 20.9 Å². The van der Waals surface area contributed by atoms with Gasteiger partial charge in [0.05, 0.1) is 18.9 Å². The van der Waals surface area contributed by atoms with Crippen LogP contribution in [-0.4, -0.2) is 47.9 Å². The van der Waals surface area contributed by atoms with E-state index in [1.807, 2.05) is 0 Å². The molecule has 0 spiro atoms. The number of fused-ring (bicyclic) bond motifs is 1. The summed E-state index contributed by atoms with van der Waals surface area (Å²) in [5.74, 6) is -2.77. The second-order valence-electron chi connectivity index (χ2n) is 7.49. The number of rotatable bonds is 4. The predicted octanol–water partition coefficient (Wildman–Crippen LogP) is 1.95. The number of hydrogen-bond donors (Lipinski definition) is 1. The third-order valence-electron chi connectivity index (χ3n) is 5.61. The number of piperidine rings is 1. The van der Waals surface area contributed by atoms with Crippen molar-refractivity contribution in [2.45, 2.75) is 50.4 Å². The zero-order valence-corrected chi connectivity index (χ0v) is 14.3. The molecule has 1 saturated carbocycles. The lowest BCUT2D eigenvalue weighted by molar-refractivity contribution is -0.163. The number of furan rings is 1. The molecule has 2 amide bonds. The Hall–Kier alpha value is -1.96. The molecule has 6 nitrogen and oxygen atoms in total. The van der Waals surface area contributed by atoms with Crippen LogP contribution >= 0.6 is 0 Å². The quantitative estimate of drug-likeness (QED) is 0.882. The zero-order chi connectivity index (χ0) is 18.3. The molecule has 1 aliphatic carbocycles. The second kappa shape index (κ2) is 6.64. The van der Waals surface area contributed by atoms with E-state index < -0.39 is 17.9 Å². The Morgan fingerprint density at radius 2 is 2.15 bits per heavy atom. The fourth-order valence-electron chi connectivity index (χ4n) is 4.09. The summed E-state index contributed by atoms with van der Waals surface area (Å²) < 4.78 is 37.0. The van der Waals surface area contributed by atoms with Gasteiger partial charge in [-0.15, -0.1) is 0 Å². The van der Waals surface area contributed by atoms with Crippen LogP contribution in [0.15, 0.2) is 22.8 Å². The Morgan fingerprint density at radius 1 is 1.35 bits per heavy atom. The van der Waals surface area contributed by atoms with E-state index in [0.717, 1.165) is 6.42 Å². The second-order valence-corrected chi connectivity index (χ2v) is 7.49. The van der Waals surface area contributed by atoms with E-state index in [1.54, 1.807) is 23.3 Å². The van der Waals surface area contributed by atoms with Crippen LogP contribution in [0.2, 0.25) is 0 Å². The van der Waals surface area contributed by atoms with Gasteiger partial charge < -0.3 is 19.4 Å². The average Bonchev–Trinajstić information content (AvgIpc) is 3.25. The molecule has 0 bridgehead atoms. The monoisotopic (exact) mass is 368 g/mol. The Morgan fingerprint density at radius 3 is 2.85 bits per heavy atom. The van der Waals surface area contributed by atoms with Crippen molar-refractivity contribution in [2.75, 3.05) is 13.1 Å². The van der Waals surface area contributed by atoms with E-state index in [0.29, 0.717) is 31.8 Å². The molecule has 142 valence electrons. The maximum atomic E-state index is 13.0. The van der Waals surface area contributed by atoms with Gasteiger partial charge in [-0.3, -0.25) is 9.59 Å². The molecule has 2 aliphatic heterocycles. The molecule has 1 aromatic heterocycles. The highest BCUT2D eigenvalue weighted by Crippen LogP contribution is 2.44. The molecule has 0 radical (unpaired) electrons. The minimum Gasteiger partial charge on any atom is -0.467 e. The molecule has 3 atom stereocenters. The standard InChI is InChI=1S/C18H22F2N2O4/c19-18(20)7-12(8-18)17(24)22-4-3-11-6-14(26-15(11)10-22)16(23)21-9-13-2-1-5-25-13/h1-2,5,11-12,14-15H,3-4,6-10H2,(H,21,23)/t11-,14-,15+/m0/s1. The predicted molar refractivity (Wildman–Crippen MR) is 86.2 cm³/mol. The Labute approximate surface area is 149 Å². The average molecular weight is 368 g/mol. The molecule has 0 unspecified atom stereocenters. The van der Waals surface area contributed by atoms with Gasteiger partial charge in [-0.05, 0) is 30.9 Å². The van der Waals surface area contributed by atoms with E-state index in [9.17, 15) is 18.4 Å². The molecule has 3 aliphatic rings. The first-order valence-corrected chi connectivity index (χ1v) is 9.03. The number of hydrogen-bond acceptors (Lipinski definition) is 4. The number of amides is 2. The normalized spacial score (nSPS) is 30.5. The van der Waals surface area contributed by atoms with Crippen LogP contribution in [0.4, 0.5) is 8.78 Å². The number of ether oxygens (including phenoxy) is 1. The summed E-state index contributed by atoms with van der Waals surface area (Å²) in [6, 6.07) is 3.54. The number of halogens is 2. The van der Waals surface area contributed by atoms with Crippen LogP contribution in [0.25, 0.3) is 0 Å². The highest BCUT2D eigenvalue weighted by atomic mass is 19.3. The summed E-state index contributed by atoms with van der Waals surface area (Å²) in [5.41, 5.74) is 0. The number of carbonyl (C=O) groups is 2. The fourth-order valence-corrected chi connectivity index (χ4v) is 4.09. The van der Waals surface area contributed by atoms with E-state index in [4.69, 9.17) is 9.15 Å². The van der Waals surface area contributed by atoms with Crippen molar-refractivity contribution in [2.24, 2.45) is 11.8 Å². The van der Waals surface area contributed by atoms with Crippen LogP contribution in [0.5, 0.6) is 0 Å². The van der Waals surface area contributed by atoms with Gasteiger partial charge in [-0.25, -0.2) is 8.78 Å². The topological polar surface area (TPSA) is 71.8 Å². The van der Waals surface area contributed by atoms with E-state index in [-0.39, 0.29) is 36.7 Å². The number of carbonyl (C=O) groups excluding carboxylic acids is 2. The van der Waals surface area contributed by atoms with Crippen LogP contribution in [0, 0.1) is 11.8 Å². The molecule has 26 heavy (non-hydrogen) atoms. The first kappa shape index (κ1) is 17.5. The van der Waals surface area contributed by atoms with Gasteiger partial charge in [0, 0.05) is 31.8 Å². The first-order chi connectivity index (χ1) is 12.4. The Bertz CT molecular complexity index is 671. The van der Waals surface area contributed by atoms with Crippen molar-refractivity contribution in [3.63, 3.8) is 0 Å². The van der Waals surface area contributed by atoms with Crippen LogP contribution in [0.1, 0.15) is 31.4 Å². The van der Waals surface area contributed by atoms with Crippen molar-refractivity contribution in [1.82, 2.24) is 10.2 Å². The maximum absolute atomic E-state index is 13.0. The number of nitrogens with one attached hydrogen (secondary N) is 1. The summed E-state index contributed by atoms with van der Waals surface area (Å²) in [4.78, 5) is 26.3. The molecule has 1 N–H and O–H groups in total. The molecule has 0 aromatic carbocycles. The third kappa shape index (κ3) is 3.47. The highest BCUT2D eigenvalue weighted by molar-refractivity contribution is 5.81. The number of alkyl halides is 2. The maximum Gasteiger partial charge on any atom is 0.249 e. The lowest BCUT2D eigenvalue weighted by atomic mass is 9.79. The summed E-state index contributed by atoms with van der Waals surface area (Å²) in [6.07, 6.45) is 1.46. The van der Waals surface area contributed by atoms with Crippen molar-refractivity contribution in [3.05, 3.63) is 24.2 Å². The van der Waals surface area contributed by atoms with Gasteiger partial charge in [0.25, 0.3) is 0 Å². The lowest BCUT2D eigenvalue weighted by Crippen LogP contribution is -2.52. The molecular formula is C18H22F2N2O4. The molecule has 8 heteroatoms. The van der Waals surface area contributed by atoms with Gasteiger partial charge in [-0.1, -0.05) is 0 Å². The van der Waals surface area contributed by atoms with E-state index >= 15 is 0 Å². The van der Waals surface area contributed by atoms with Crippen molar-refractivity contribution >= 4 is 11.8 Å². The van der Waals surface area contributed by atoms with Crippen molar-refractivity contribution in [1.29, 1.82) is 0 Å². The Kier molecular flexibility index (Phi) is 4.46. The highest BCUT2D eigenvalue weighted by Gasteiger charge is 2.51. The molecular weight excluding hydrogens is 346 g/mol. The fraction of sp³-hybridized carbons (Fsp3) is 0.667. The molecule has 3 heterocycles. The van der Waals surface area contributed by atoms with Gasteiger partial charge in [-0.2, -0.15) is 0 Å². The third-order valence-corrected chi connectivity index (χ3v) is 5.61. The van der Waals surface area contributed by atoms with Crippen molar-refractivity contribution < 1.29 is 27.5 Å². The van der Waals surface area contributed by atoms with Crippen LogP contribution < -0.4 is 5.32 Å². The van der Waals surface area contributed by atoms with Gasteiger partial charge in [0.15, 0.2) is 0 Å².